The highest BCUT2D eigenvalue weighted by atomic mass is 16.7. The van der Waals surface area contributed by atoms with E-state index < -0.39 is 37.3 Å². The number of phenols is 1. The van der Waals surface area contributed by atoms with Crippen molar-refractivity contribution < 1.29 is 44.6 Å². The van der Waals surface area contributed by atoms with Crippen LogP contribution >= 0.6 is 0 Å². The van der Waals surface area contributed by atoms with E-state index in [1.54, 1.807) is 19.1 Å². The van der Waals surface area contributed by atoms with Crippen LogP contribution in [0.1, 0.15) is 22.3 Å². The second-order valence-corrected chi connectivity index (χ2v) is 9.15. The van der Waals surface area contributed by atoms with Crippen molar-refractivity contribution in [3.8, 4) is 11.5 Å². The van der Waals surface area contributed by atoms with Crippen LogP contribution in [0.3, 0.4) is 0 Å². The largest absolute Gasteiger partial charge is 0.508 e. The Kier molecular flexibility index (Phi) is 10.8. The number of nitrogens with two attached hydrogens (primary N) is 1. The number of hydrogen-bond donors (Lipinski definition) is 8. The maximum Gasteiger partial charge on any atom is 0.244 e. The summed E-state index contributed by atoms with van der Waals surface area (Å²) in [5, 5.41) is 55.2. The summed E-state index contributed by atoms with van der Waals surface area (Å²) in [5.41, 5.74) is 8.26. The second kappa shape index (κ2) is 14.0. The number of phenolic OH excluding ortho intramolecular Hbond substituents is 1. The lowest BCUT2D eigenvalue weighted by atomic mass is 9.97. The Hall–Kier alpha value is -3.52. The number of aliphatic hydroxyl groups is 4. The molecule has 0 saturated carbocycles. The van der Waals surface area contributed by atoms with Crippen molar-refractivity contribution in [3.05, 3.63) is 64.7 Å². The first kappa shape index (κ1) is 30.0. The quantitative estimate of drug-likeness (QED) is 0.123. The van der Waals surface area contributed by atoms with Crippen LogP contribution in [0.4, 0.5) is 0 Å². The lowest BCUT2D eigenvalue weighted by Gasteiger charge is -2.39. The number of carbonyl (C=O) groups excluding carboxylic acids is 2. The first-order valence-electron chi connectivity index (χ1n) is 12.4. The lowest BCUT2D eigenvalue weighted by molar-refractivity contribution is -0.277. The zero-order chi connectivity index (χ0) is 28.5. The fraction of sp³-hybridized carbons (Fsp3) is 0.407. The van der Waals surface area contributed by atoms with Gasteiger partial charge in [0, 0.05) is 37.2 Å². The monoisotopic (exact) mass is 545 g/mol. The van der Waals surface area contributed by atoms with Crippen molar-refractivity contribution in [2.45, 2.75) is 44.1 Å². The van der Waals surface area contributed by atoms with Crippen LogP contribution in [0, 0.1) is 6.92 Å². The maximum atomic E-state index is 12.0. The molecule has 12 nitrogen and oxygen atoms in total. The molecule has 1 heterocycles. The van der Waals surface area contributed by atoms with Crippen LogP contribution in [0.15, 0.2) is 42.5 Å². The molecule has 3 rings (SSSR count). The Morgan fingerprint density at radius 1 is 1.05 bits per heavy atom. The standard InChI is InChI=1S/C27H35N3O9/c1-15-10-18(32)12-20(38-27-26(37)25(36)24(35)21(14-31)39-27)19(15)11-17-4-2-16(3-5-17)6-7-22(33)29-8-9-30-23(34)13-28/h2-7,10,12,21,24-27,31-32,35-37H,8-9,11,13-14,28H2,1H3,(H,29,33)(H,30,34)/b7-6+/t21-,24-,25+,26-,27-/m1/s1. The van der Waals surface area contributed by atoms with Gasteiger partial charge in [-0.1, -0.05) is 24.3 Å². The molecule has 0 radical (unpaired) electrons. The Morgan fingerprint density at radius 2 is 1.74 bits per heavy atom. The van der Waals surface area contributed by atoms with Gasteiger partial charge in [-0.3, -0.25) is 9.59 Å². The van der Waals surface area contributed by atoms with E-state index in [0.717, 1.165) is 11.1 Å². The molecular weight excluding hydrogens is 510 g/mol. The first-order chi connectivity index (χ1) is 18.6. The molecule has 212 valence electrons. The van der Waals surface area contributed by atoms with Crippen molar-refractivity contribution in [1.29, 1.82) is 0 Å². The number of amides is 2. The van der Waals surface area contributed by atoms with Crippen molar-refractivity contribution in [2.24, 2.45) is 5.73 Å². The molecule has 5 atom stereocenters. The summed E-state index contributed by atoms with van der Waals surface area (Å²) in [6.07, 6.45) is -3.80. The molecule has 0 aromatic heterocycles. The Morgan fingerprint density at radius 3 is 2.41 bits per heavy atom. The first-order valence-corrected chi connectivity index (χ1v) is 12.4. The minimum absolute atomic E-state index is 0.0728. The van der Waals surface area contributed by atoms with E-state index in [1.165, 1.54) is 12.1 Å². The predicted octanol–water partition coefficient (Wildman–Crippen LogP) is -1.33. The fourth-order valence-electron chi connectivity index (χ4n) is 4.03. The smallest absolute Gasteiger partial charge is 0.244 e. The lowest BCUT2D eigenvalue weighted by Crippen LogP contribution is -2.60. The number of hydrogen-bond acceptors (Lipinski definition) is 10. The highest BCUT2D eigenvalue weighted by molar-refractivity contribution is 5.91. The Balaban J connectivity index is 1.66. The molecule has 2 amide bonds. The summed E-state index contributed by atoms with van der Waals surface area (Å²) in [6, 6.07) is 10.3. The molecule has 0 bridgehead atoms. The Labute approximate surface area is 225 Å². The van der Waals surface area contributed by atoms with E-state index in [2.05, 4.69) is 10.6 Å². The van der Waals surface area contributed by atoms with Gasteiger partial charge in [-0.25, -0.2) is 0 Å². The average Bonchev–Trinajstić information content (AvgIpc) is 2.92. The summed E-state index contributed by atoms with van der Waals surface area (Å²) in [6.45, 7) is 1.64. The number of aryl methyl sites for hydroxylation is 1. The van der Waals surface area contributed by atoms with E-state index in [9.17, 15) is 35.1 Å². The molecule has 1 saturated heterocycles. The van der Waals surface area contributed by atoms with Crippen LogP contribution in [0.5, 0.6) is 11.5 Å². The van der Waals surface area contributed by atoms with Gasteiger partial charge < -0.3 is 51.4 Å². The van der Waals surface area contributed by atoms with Crippen LogP contribution in [-0.4, -0.2) is 94.3 Å². The second-order valence-electron chi connectivity index (χ2n) is 9.15. The van der Waals surface area contributed by atoms with Gasteiger partial charge in [-0.2, -0.15) is 0 Å². The fourth-order valence-corrected chi connectivity index (χ4v) is 4.03. The predicted molar refractivity (Wildman–Crippen MR) is 141 cm³/mol. The molecule has 0 spiro atoms. The summed E-state index contributed by atoms with van der Waals surface area (Å²) < 4.78 is 11.3. The summed E-state index contributed by atoms with van der Waals surface area (Å²) in [7, 11) is 0. The number of aromatic hydroxyl groups is 1. The van der Waals surface area contributed by atoms with E-state index in [-0.39, 0.29) is 42.9 Å². The van der Waals surface area contributed by atoms with Crippen molar-refractivity contribution in [2.75, 3.05) is 26.2 Å². The summed E-state index contributed by atoms with van der Waals surface area (Å²) >= 11 is 0. The minimum Gasteiger partial charge on any atom is -0.508 e. The average molecular weight is 546 g/mol. The third-order valence-electron chi connectivity index (χ3n) is 6.23. The van der Waals surface area contributed by atoms with Gasteiger partial charge in [0.2, 0.25) is 18.1 Å². The molecular formula is C27H35N3O9. The van der Waals surface area contributed by atoms with Gasteiger partial charge in [0.05, 0.1) is 13.2 Å². The summed E-state index contributed by atoms with van der Waals surface area (Å²) in [5.74, 6) is -0.470. The molecule has 2 aromatic rings. The van der Waals surface area contributed by atoms with Gasteiger partial charge in [0.1, 0.15) is 35.9 Å². The molecule has 2 aromatic carbocycles. The molecule has 12 heteroatoms. The van der Waals surface area contributed by atoms with Gasteiger partial charge in [-0.15, -0.1) is 0 Å². The van der Waals surface area contributed by atoms with Crippen molar-refractivity contribution in [1.82, 2.24) is 10.6 Å². The number of ether oxygens (including phenoxy) is 2. The molecule has 0 unspecified atom stereocenters. The molecule has 1 fully saturated rings. The molecule has 1 aliphatic heterocycles. The van der Waals surface area contributed by atoms with Crippen molar-refractivity contribution in [3.63, 3.8) is 0 Å². The minimum atomic E-state index is -1.59. The number of carbonyl (C=O) groups is 2. The number of aliphatic hydroxyl groups excluding tert-OH is 4. The third kappa shape index (κ3) is 8.23. The molecule has 1 aliphatic rings. The zero-order valence-electron chi connectivity index (χ0n) is 21.5. The SMILES string of the molecule is Cc1cc(O)cc(O[C@@H]2O[C@H](CO)[C@@H](O)[C@H](O)[C@H]2O)c1Cc1ccc(/C=C/C(=O)NCCNC(=O)CN)cc1. The van der Waals surface area contributed by atoms with E-state index in [1.807, 2.05) is 24.3 Å². The summed E-state index contributed by atoms with van der Waals surface area (Å²) in [4.78, 5) is 23.1. The maximum absolute atomic E-state index is 12.0. The Bertz CT molecular complexity index is 1150. The van der Waals surface area contributed by atoms with Crippen molar-refractivity contribution >= 4 is 17.9 Å². The molecule has 9 N–H and O–H groups in total. The van der Waals surface area contributed by atoms with Crippen LogP contribution in [0.25, 0.3) is 6.08 Å². The highest BCUT2D eigenvalue weighted by Gasteiger charge is 2.45. The number of rotatable bonds is 11. The topological polar surface area (TPSA) is 204 Å². The van der Waals surface area contributed by atoms with E-state index in [4.69, 9.17) is 15.2 Å². The van der Waals surface area contributed by atoms with Crippen LogP contribution in [0.2, 0.25) is 0 Å². The highest BCUT2D eigenvalue weighted by Crippen LogP contribution is 2.33. The number of benzene rings is 2. The van der Waals surface area contributed by atoms with Crippen LogP contribution < -0.4 is 21.1 Å². The molecule has 0 aliphatic carbocycles. The van der Waals surface area contributed by atoms with Gasteiger partial charge in [-0.05, 0) is 35.8 Å². The van der Waals surface area contributed by atoms with E-state index >= 15 is 0 Å². The third-order valence-corrected chi connectivity index (χ3v) is 6.23. The van der Waals surface area contributed by atoms with E-state index in [0.29, 0.717) is 17.5 Å². The normalized spacial score (nSPS) is 23.0. The number of nitrogens with one attached hydrogen (secondary N) is 2. The molecule has 39 heavy (non-hydrogen) atoms. The van der Waals surface area contributed by atoms with Gasteiger partial charge >= 0.3 is 0 Å². The van der Waals surface area contributed by atoms with Crippen LogP contribution in [-0.2, 0) is 20.7 Å². The van der Waals surface area contributed by atoms with Gasteiger partial charge in [0.25, 0.3) is 0 Å². The van der Waals surface area contributed by atoms with Gasteiger partial charge in [0.15, 0.2) is 0 Å². The zero-order valence-corrected chi connectivity index (χ0v) is 21.5.